The molecule has 0 aliphatic carbocycles. The van der Waals surface area contributed by atoms with Gasteiger partial charge in [-0.2, -0.15) is 0 Å². The maximum atomic E-state index is 12.7. The maximum Gasteiger partial charge on any atom is 0.246 e. The summed E-state index contributed by atoms with van der Waals surface area (Å²) in [6.07, 6.45) is 2.02. The van der Waals surface area contributed by atoms with Gasteiger partial charge in [0, 0.05) is 30.8 Å². The highest BCUT2D eigenvalue weighted by molar-refractivity contribution is 14.0. The van der Waals surface area contributed by atoms with Crippen molar-refractivity contribution in [3.8, 4) is 0 Å². The zero-order chi connectivity index (χ0) is 18.4. The van der Waals surface area contributed by atoms with Crippen molar-refractivity contribution in [2.45, 2.75) is 19.4 Å². The normalized spacial score (nSPS) is 13.4. The third kappa shape index (κ3) is 5.84. The number of aliphatic imine (C=N–C) groups is 1. The van der Waals surface area contributed by atoms with E-state index >= 15 is 0 Å². The molecule has 0 radical (unpaired) electrons. The van der Waals surface area contributed by atoms with Crippen LogP contribution in [0.25, 0.3) is 0 Å². The number of carbonyl (C=O) groups is 1. The number of guanidine groups is 1. The number of hydrogen-bond donors (Lipinski definition) is 2. The van der Waals surface area contributed by atoms with Crippen LogP contribution in [0, 0.1) is 0 Å². The molecule has 1 aliphatic rings. The minimum Gasteiger partial charge on any atom is -0.352 e. The van der Waals surface area contributed by atoms with Crippen LogP contribution in [0.4, 0.5) is 5.69 Å². The second-order valence-electron chi connectivity index (χ2n) is 6.18. The molecule has 0 unspecified atom stereocenters. The van der Waals surface area contributed by atoms with Gasteiger partial charge in [-0.1, -0.05) is 41.9 Å². The Morgan fingerprint density at radius 1 is 1.15 bits per heavy atom. The predicted molar refractivity (Wildman–Crippen MR) is 122 cm³/mol. The number of rotatable bonds is 4. The van der Waals surface area contributed by atoms with Crippen molar-refractivity contribution in [2.24, 2.45) is 4.99 Å². The average molecular weight is 499 g/mol. The molecule has 0 atom stereocenters. The summed E-state index contributed by atoms with van der Waals surface area (Å²) in [5.41, 5.74) is 3.35. The van der Waals surface area contributed by atoms with Crippen molar-refractivity contribution in [3.63, 3.8) is 0 Å². The zero-order valence-corrected chi connectivity index (χ0v) is 18.3. The molecule has 0 bridgehead atoms. The maximum absolute atomic E-state index is 12.7. The van der Waals surface area contributed by atoms with Crippen molar-refractivity contribution in [1.29, 1.82) is 0 Å². The van der Waals surface area contributed by atoms with Gasteiger partial charge in [0.15, 0.2) is 5.96 Å². The first-order chi connectivity index (χ1) is 12.7. The van der Waals surface area contributed by atoms with Crippen LogP contribution in [0.5, 0.6) is 0 Å². The van der Waals surface area contributed by atoms with E-state index in [4.69, 9.17) is 11.6 Å². The van der Waals surface area contributed by atoms with Crippen LogP contribution in [-0.4, -0.2) is 32.0 Å². The smallest absolute Gasteiger partial charge is 0.246 e. The Morgan fingerprint density at radius 2 is 1.89 bits per heavy atom. The van der Waals surface area contributed by atoms with Crippen LogP contribution in [0.1, 0.15) is 17.5 Å². The van der Waals surface area contributed by atoms with Crippen molar-refractivity contribution in [3.05, 3.63) is 64.7 Å². The number of nitrogens with one attached hydrogen (secondary N) is 2. The van der Waals surface area contributed by atoms with Crippen molar-refractivity contribution in [2.75, 3.05) is 25.0 Å². The highest BCUT2D eigenvalue weighted by Crippen LogP contribution is 2.26. The standard InChI is InChI=1S/C20H23ClN4O.HI/c1-22-20(23-13-15-8-10-17(21)11-9-15)24-14-19(26)25-12-4-6-16-5-2-3-7-18(16)25;/h2-3,5,7-11H,4,6,12-14H2,1H3,(H2,22,23,24);1H. The van der Waals surface area contributed by atoms with E-state index in [1.165, 1.54) is 5.56 Å². The largest absolute Gasteiger partial charge is 0.352 e. The lowest BCUT2D eigenvalue weighted by molar-refractivity contribution is -0.117. The highest BCUT2D eigenvalue weighted by Gasteiger charge is 2.21. The Morgan fingerprint density at radius 3 is 2.63 bits per heavy atom. The molecule has 1 aliphatic heterocycles. The summed E-state index contributed by atoms with van der Waals surface area (Å²) in [5, 5.41) is 7.02. The lowest BCUT2D eigenvalue weighted by atomic mass is 10.0. The van der Waals surface area contributed by atoms with Crippen molar-refractivity contribution >= 4 is 53.1 Å². The minimum absolute atomic E-state index is 0. The molecule has 3 rings (SSSR count). The highest BCUT2D eigenvalue weighted by atomic mass is 127. The lowest BCUT2D eigenvalue weighted by Crippen LogP contribution is -2.45. The van der Waals surface area contributed by atoms with Crippen LogP contribution in [0.15, 0.2) is 53.5 Å². The van der Waals surface area contributed by atoms with Gasteiger partial charge < -0.3 is 15.5 Å². The van der Waals surface area contributed by atoms with E-state index in [0.717, 1.165) is 30.6 Å². The molecular weight excluding hydrogens is 475 g/mol. The Kier molecular flexibility index (Phi) is 8.37. The van der Waals surface area contributed by atoms with Crippen LogP contribution in [-0.2, 0) is 17.8 Å². The molecule has 0 saturated carbocycles. The third-order valence-corrected chi connectivity index (χ3v) is 4.67. The van der Waals surface area contributed by atoms with Gasteiger partial charge in [-0.05, 0) is 42.2 Å². The van der Waals surface area contributed by atoms with Crippen LogP contribution in [0.2, 0.25) is 5.02 Å². The monoisotopic (exact) mass is 498 g/mol. The first-order valence-corrected chi connectivity index (χ1v) is 9.12. The second-order valence-corrected chi connectivity index (χ2v) is 6.62. The fraction of sp³-hybridized carbons (Fsp3) is 0.300. The summed E-state index contributed by atoms with van der Waals surface area (Å²) in [5.74, 6) is 0.644. The van der Waals surface area contributed by atoms with E-state index in [0.29, 0.717) is 17.5 Å². The van der Waals surface area contributed by atoms with Crippen LogP contribution < -0.4 is 15.5 Å². The summed E-state index contributed by atoms with van der Waals surface area (Å²) >= 11 is 5.90. The number of halogens is 2. The number of hydrogen-bond acceptors (Lipinski definition) is 2. The number of para-hydroxylation sites is 1. The van der Waals surface area contributed by atoms with E-state index < -0.39 is 0 Å². The summed E-state index contributed by atoms with van der Waals surface area (Å²) in [6.45, 7) is 1.57. The Hall–Kier alpha value is -1.80. The molecule has 0 spiro atoms. The fourth-order valence-corrected chi connectivity index (χ4v) is 3.18. The summed E-state index contributed by atoms with van der Waals surface area (Å²) < 4.78 is 0. The van der Waals surface area contributed by atoms with Crippen LogP contribution in [0.3, 0.4) is 0 Å². The van der Waals surface area contributed by atoms with Gasteiger partial charge in [-0.25, -0.2) is 0 Å². The summed E-state index contributed by atoms with van der Waals surface area (Å²) in [6, 6.07) is 15.7. The lowest BCUT2D eigenvalue weighted by Gasteiger charge is -2.29. The first kappa shape index (κ1) is 21.5. The number of carbonyl (C=O) groups excluding carboxylic acids is 1. The molecule has 1 amide bonds. The number of anilines is 1. The molecule has 2 N–H and O–H groups in total. The summed E-state index contributed by atoms with van der Waals surface area (Å²) in [4.78, 5) is 18.7. The van der Waals surface area contributed by atoms with Gasteiger partial charge in [0.1, 0.15) is 0 Å². The first-order valence-electron chi connectivity index (χ1n) is 8.74. The summed E-state index contributed by atoms with van der Waals surface area (Å²) in [7, 11) is 1.69. The van der Waals surface area contributed by atoms with E-state index in [-0.39, 0.29) is 36.4 Å². The number of nitrogens with zero attached hydrogens (tertiary/aromatic N) is 2. The Balaban J connectivity index is 0.00000261. The van der Waals surface area contributed by atoms with Crippen LogP contribution >= 0.6 is 35.6 Å². The van der Waals surface area contributed by atoms with Gasteiger partial charge in [0.2, 0.25) is 5.91 Å². The molecule has 0 fully saturated rings. The molecule has 1 heterocycles. The zero-order valence-electron chi connectivity index (χ0n) is 15.2. The second kappa shape index (κ2) is 10.5. The number of fused-ring (bicyclic) bond motifs is 1. The average Bonchev–Trinajstić information content (AvgIpc) is 2.68. The molecule has 7 heteroatoms. The predicted octanol–water partition coefficient (Wildman–Crippen LogP) is 3.60. The van der Waals surface area contributed by atoms with Gasteiger partial charge in [-0.3, -0.25) is 9.79 Å². The molecule has 144 valence electrons. The molecule has 2 aromatic rings. The van der Waals surface area contributed by atoms with Gasteiger partial charge in [-0.15, -0.1) is 24.0 Å². The van der Waals surface area contributed by atoms with E-state index in [2.05, 4.69) is 21.7 Å². The van der Waals surface area contributed by atoms with Crippen molar-refractivity contribution in [1.82, 2.24) is 10.6 Å². The SMILES string of the molecule is CN=C(NCC(=O)N1CCCc2ccccc21)NCc1ccc(Cl)cc1.I. The molecule has 27 heavy (non-hydrogen) atoms. The van der Waals surface area contributed by atoms with E-state index in [1.807, 2.05) is 47.4 Å². The third-order valence-electron chi connectivity index (χ3n) is 4.42. The number of amides is 1. The Labute approximate surface area is 182 Å². The molecule has 2 aromatic carbocycles. The van der Waals surface area contributed by atoms with Gasteiger partial charge >= 0.3 is 0 Å². The molecule has 0 aromatic heterocycles. The van der Waals surface area contributed by atoms with E-state index in [9.17, 15) is 4.79 Å². The number of benzene rings is 2. The quantitative estimate of drug-likeness (QED) is 0.385. The Bertz CT molecular complexity index is 795. The molecule has 5 nitrogen and oxygen atoms in total. The van der Waals surface area contributed by atoms with E-state index in [1.54, 1.807) is 7.05 Å². The van der Waals surface area contributed by atoms with Crippen molar-refractivity contribution < 1.29 is 4.79 Å². The minimum atomic E-state index is 0. The molecular formula is C20H24ClIN4O. The van der Waals surface area contributed by atoms with Gasteiger partial charge in [0.25, 0.3) is 0 Å². The topological polar surface area (TPSA) is 56.7 Å². The molecule has 0 saturated heterocycles. The fourth-order valence-electron chi connectivity index (χ4n) is 3.06. The van der Waals surface area contributed by atoms with Gasteiger partial charge in [0.05, 0.1) is 6.54 Å². The number of aryl methyl sites for hydroxylation is 1.